The number of likely N-dealkylation sites (tertiary alicyclic amines) is 1. The molecule has 0 aromatic heterocycles. The number of nitrogens with two attached hydrogens (primary N) is 1. The molecule has 0 radical (unpaired) electrons. The Morgan fingerprint density at radius 2 is 2.06 bits per heavy atom. The first-order chi connectivity index (χ1) is 8.01. The fraction of sp³-hybridized carbons (Fsp3) is 0.923. The molecule has 4 heteroatoms. The highest BCUT2D eigenvalue weighted by Gasteiger charge is 2.44. The molecule has 4 N–H and O–H groups in total. The number of aliphatic hydroxyl groups excluding tert-OH is 1. The van der Waals surface area contributed by atoms with Crippen LogP contribution in [0.2, 0.25) is 0 Å². The van der Waals surface area contributed by atoms with Crippen LogP contribution < -0.4 is 5.73 Å². The molecule has 1 unspecified atom stereocenters. The average molecular weight is 239 g/mol. The van der Waals surface area contributed by atoms with E-state index in [9.17, 15) is 5.11 Å². The van der Waals surface area contributed by atoms with E-state index in [1.807, 2.05) is 6.92 Å². The molecule has 1 saturated carbocycles. The number of hydrogen-bond acceptors (Lipinski definition) is 3. The minimum atomic E-state index is -0.163. The Bertz CT molecular complexity index is 278. The molecule has 2 rings (SSSR count). The summed E-state index contributed by atoms with van der Waals surface area (Å²) >= 11 is 0. The number of piperidine rings is 1. The molecule has 0 bridgehead atoms. The van der Waals surface area contributed by atoms with Gasteiger partial charge in [0.25, 0.3) is 0 Å². The predicted molar refractivity (Wildman–Crippen MR) is 69.0 cm³/mol. The number of amidine groups is 1. The van der Waals surface area contributed by atoms with Crippen LogP contribution in [0.5, 0.6) is 0 Å². The van der Waals surface area contributed by atoms with Crippen molar-refractivity contribution in [2.45, 2.75) is 45.1 Å². The van der Waals surface area contributed by atoms with Gasteiger partial charge in [-0.1, -0.05) is 0 Å². The lowest BCUT2D eigenvalue weighted by Gasteiger charge is -2.35. The molecular formula is C13H25N3O. The Kier molecular flexibility index (Phi) is 3.73. The van der Waals surface area contributed by atoms with E-state index in [-0.39, 0.29) is 6.10 Å². The monoisotopic (exact) mass is 239 g/mol. The van der Waals surface area contributed by atoms with E-state index < -0.39 is 0 Å². The zero-order valence-corrected chi connectivity index (χ0v) is 10.8. The van der Waals surface area contributed by atoms with Crippen molar-refractivity contribution in [3.8, 4) is 0 Å². The third kappa shape index (κ3) is 3.42. The third-order valence-corrected chi connectivity index (χ3v) is 4.40. The van der Waals surface area contributed by atoms with Crippen molar-refractivity contribution in [1.29, 1.82) is 5.41 Å². The SMILES string of the molecule is CC(O)C1CCN(CC2(CC(=N)N)CC2)CC1. The molecule has 1 aliphatic heterocycles. The van der Waals surface area contributed by atoms with Gasteiger partial charge >= 0.3 is 0 Å². The van der Waals surface area contributed by atoms with Gasteiger partial charge in [-0.2, -0.15) is 0 Å². The van der Waals surface area contributed by atoms with Gasteiger partial charge in [0.2, 0.25) is 0 Å². The predicted octanol–water partition coefficient (Wildman–Crippen LogP) is 1.19. The minimum Gasteiger partial charge on any atom is -0.393 e. The molecular weight excluding hydrogens is 214 g/mol. The summed E-state index contributed by atoms with van der Waals surface area (Å²) in [6, 6.07) is 0. The fourth-order valence-corrected chi connectivity index (χ4v) is 3.04. The summed E-state index contributed by atoms with van der Waals surface area (Å²) in [7, 11) is 0. The summed E-state index contributed by atoms with van der Waals surface area (Å²) in [4.78, 5) is 2.49. The van der Waals surface area contributed by atoms with Crippen LogP contribution in [-0.2, 0) is 0 Å². The van der Waals surface area contributed by atoms with E-state index in [1.165, 1.54) is 12.8 Å². The first-order valence-corrected chi connectivity index (χ1v) is 6.74. The molecule has 0 amide bonds. The second kappa shape index (κ2) is 4.94. The molecule has 98 valence electrons. The van der Waals surface area contributed by atoms with Gasteiger partial charge in [-0.15, -0.1) is 0 Å². The van der Waals surface area contributed by atoms with Gasteiger partial charge in [0.1, 0.15) is 0 Å². The van der Waals surface area contributed by atoms with Gasteiger partial charge in [-0.25, -0.2) is 0 Å². The molecule has 4 nitrogen and oxygen atoms in total. The van der Waals surface area contributed by atoms with Crippen molar-refractivity contribution in [2.24, 2.45) is 17.1 Å². The molecule has 0 aromatic carbocycles. The molecule has 1 aliphatic carbocycles. The smallest absolute Gasteiger partial charge is 0.0911 e. The lowest BCUT2D eigenvalue weighted by Crippen LogP contribution is -2.40. The maximum Gasteiger partial charge on any atom is 0.0911 e. The van der Waals surface area contributed by atoms with Crippen molar-refractivity contribution in [3.05, 3.63) is 0 Å². The van der Waals surface area contributed by atoms with Gasteiger partial charge in [0.15, 0.2) is 0 Å². The molecule has 2 aliphatic rings. The maximum absolute atomic E-state index is 9.56. The molecule has 2 fully saturated rings. The van der Waals surface area contributed by atoms with Crippen molar-refractivity contribution < 1.29 is 5.11 Å². The van der Waals surface area contributed by atoms with Crippen LogP contribution in [0.1, 0.15) is 39.0 Å². The first-order valence-electron chi connectivity index (χ1n) is 6.74. The summed E-state index contributed by atoms with van der Waals surface area (Å²) < 4.78 is 0. The van der Waals surface area contributed by atoms with Crippen LogP contribution in [0.4, 0.5) is 0 Å². The number of aliphatic hydroxyl groups is 1. The van der Waals surface area contributed by atoms with Gasteiger partial charge in [0, 0.05) is 13.0 Å². The van der Waals surface area contributed by atoms with Gasteiger partial charge in [0.05, 0.1) is 11.9 Å². The van der Waals surface area contributed by atoms with E-state index in [4.69, 9.17) is 11.1 Å². The van der Waals surface area contributed by atoms with Crippen molar-refractivity contribution in [1.82, 2.24) is 4.90 Å². The van der Waals surface area contributed by atoms with Gasteiger partial charge in [-0.05, 0) is 57.0 Å². The van der Waals surface area contributed by atoms with Crippen LogP contribution in [0.25, 0.3) is 0 Å². The van der Waals surface area contributed by atoms with Gasteiger partial charge in [-0.3, -0.25) is 5.41 Å². The Labute approximate surface area is 104 Å². The quantitative estimate of drug-likeness (QED) is 0.498. The fourth-order valence-electron chi connectivity index (χ4n) is 3.04. The van der Waals surface area contributed by atoms with Crippen molar-refractivity contribution in [2.75, 3.05) is 19.6 Å². The van der Waals surface area contributed by atoms with E-state index in [0.29, 0.717) is 17.2 Å². The summed E-state index contributed by atoms with van der Waals surface area (Å²) in [5, 5.41) is 17.0. The molecule has 17 heavy (non-hydrogen) atoms. The maximum atomic E-state index is 9.56. The van der Waals surface area contributed by atoms with Crippen LogP contribution in [0.3, 0.4) is 0 Å². The van der Waals surface area contributed by atoms with Crippen LogP contribution in [0, 0.1) is 16.7 Å². The highest BCUT2D eigenvalue weighted by Crippen LogP contribution is 2.49. The largest absolute Gasteiger partial charge is 0.393 e. The molecule has 1 atom stereocenters. The summed E-state index contributed by atoms with van der Waals surface area (Å²) in [6.07, 6.45) is 5.26. The first kappa shape index (κ1) is 12.8. The molecule has 0 spiro atoms. The number of nitrogens with zero attached hydrogens (tertiary/aromatic N) is 1. The van der Waals surface area contributed by atoms with E-state index >= 15 is 0 Å². The Balaban J connectivity index is 1.76. The number of hydrogen-bond donors (Lipinski definition) is 3. The van der Waals surface area contributed by atoms with Crippen molar-refractivity contribution in [3.63, 3.8) is 0 Å². The summed E-state index contributed by atoms with van der Waals surface area (Å²) in [5.41, 5.74) is 5.84. The standard InChI is InChI=1S/C13H25N3O/c1-10(17)11-2-6-16(7-3-11)9-13(4-5-13)8-12(14)15/h10-11,17H,2-9H2,1H3,(H3,14,15). The highest BCUT2D eigenvalue weighted by atomic mass is 16.3. The van der Waals surface area contributed by atoms with E-state index in [2.05, 4.69) is 4.90 Å². The van der Waals surface area contributed by atoms with Crippen LogP contribution >= 0.6 is 0 Å². The van der Waals surface area contributed by atoms with Crippen LogP contribution in [-0.4, -0.2) is 41.6 Å². The Hall–Kier alpha value is -0.610. The minimum absolute atomic E-state index is 0.163. The average Bonchev–Trinajstić information content (AvgIpc) is 2.97. The summed E-state index contributed by atoms with van der Waals surface area (Å²) in [6.45, 7) is 5.18. The zero-order chi connectivity index (χ0) is 12.5. The number of nitrogens with one attached hydrogen (secondary N) is 1. The number of rotatable bonds is 5. The van der Waals surface area contributed by atoms with E-state index in [1.54, 1.807) is 0 Å². The molecule has 0 aromatic rings. The second-order valence-electron chi connectivity index (χ2n) is 6.06. The molecule has 1 heterocycles. The lowest BCUT2D eigenvalue weighted by atomic mass is 9.91. The molecule has 1 saturated heterocycles. The van der Waals surface area contributed by atoms with E-state index in [0.717, 1.165) is 38.9 Å². The highest BCUT2D eigenvalue weighted by molar-refractivity contribution is 5.78. The topological polar surface area (TPSA) is 73.3 Å². The van der Waals surface area contributed by atoms with Gasteiger partial charge < -0.3 is 15.7 Å². The summed E-state index contributed by atoms with van der Waals surface area (Å²) in [5.74, 6) is 0.815. The van der Waals surface area contributed by atoms with Crippen LogP contribution in [0.15, 0.2) is 0 Å². The zero-order valence-electron chi connectivity index (χ0n) is 10.8. The normalized spacial score (nSPS) is 26.7. The third-order valence-electron chi connectivity index (χ3n) is 4.40. The Morgan fingerprint density at radius 1 is 1.47 bits per heavy atom. The lowest BCUT2D eigenvalue weighted by molar-refractivity contribution is 0.0651. The second-order valence-corrected chi connectivity index (χ2v) is 6.06. The Morgan fingerprint density at radius 3 is 2.47 bits per heavy atom. The van der Waals surface area contributed by atoms with Crippen molar-refractivity contribution >= 4 is 5.84 Å².